The Kier molecular flexibility index (Phi) is 4.46. The summed E-state index contributed by atoms with van der Waals surface area (Å²) in [5, 5.41) is 12.5. The molecule has 3 aromatic rings. The van der Waals surface area contributed by atoms with Crippen LogP contribution in [0.4, 0.5) is 11.6 Å². The number of hydrogen-bond donors (Lipinski definition) is 2. The van der Waals surface area contributed by atoms with Crippen LogP contribution in [0.2, 0.25) is 0 Å². The van der Waals surface area contributed by atoms with Gasteiger partial charge in [0, 0.05) is 16.8 Å². The second kappa shape index (κ2) is 6.71. The van der Waals surface area contributed by atoms with E-state index in [-0.39, 0.29) is 0 Å². The third kappa shape index (κ3) is 3.82. The number of hydrogen-bond acceptors (Lipinski definition) is 5. The topological polar surface area (TPSA) is 87.6 Å². The van der Waals surface area contributed by atoms with Crippen LogP contribution < -0.4 is 11.1 Å². The predicted octanol–water partition coefficient (Wildman–Crippen LogP) is 3.95. The molecule has 25 heavy (non-hydrogen) atoms. The van der Waals surface area contributed by atoms with E-state index in [9.17, 15) is 5.26 Å². The highest BCUT2D eigenvalue weighted by Crippen LogP contribution is 2.26. The molecule has 5 heteroatoms. The van der Waals surface area contributed by atoms with Gasteiger partial charge in [0.05, 0.1) is 17.5 Å². The number of rotatable bonds is 4. The fourth-order valence-corrected chi connectivity index (χ4v) is 2.45. The Morgan fingerprint density at radius 3 is 2.32 bits per heavy atom. The van der Waals surface area contributed by atoms with Gasteiger partial charge in [0.2, 0.25) is 5.95 Å². The van der Waals surface area contributed by atoms with E-state index < -0.39 is 5.54 Å². The van der Waals surface area contributed by atoms with Crippen LogP contribution in [0.5, 0.6) is 0 Å². The largest absolute Gasteiger partial charge is 0.324 e. The summed E-state index contributed by atoms with van der Waals surface area (Å²) in [7, 11) is 0. The van der Waals surface area contributed by atoms with E-state index in [1.54, 1.807) is 0 Å². The van der Waals surface area contributed by atoms with E-state index in [0.29, 0.717) is 17.2 Å². The first-order valence-electron chi connectivity index (χ1n) is 7.96. The summed E-state index contributed by atoms with van der Waals surface area (Å²) >= 11 is 0. The highest BCUT2D eigenvalue weighted by Gasteiger charge is 2.15. The molecule has 0 aliphatic carbocycles. The van der Waals surface area contributed by atoms with Crippen molar-refractivity contribution in [2.45, 2.75) is 19.4 Å². The minimum atomic E-state index is -0.414. The zero-order valence-corrected chi connectivity index (χ0v) is 14.2. The Balaban J connectivity index is 1.97. The van der Waals surface area contributed by atoms with E-state index in [2.05, 4.69) is 21.4 Å². The van der Waals surface area contributed by atoms with Gasteiger partial charge in [0.15, 0.2) is 0 Å². The number of para-hydroxylation sites is 1. The molecule has 0 radical (unpaired) electrons. The van der Waals surface area contributed by atoms with Gasteiger partial charge in [-0.3, -0.25) is 0 Å². The molecule has 0 aliphatic rings. The monoisotopic (exact) mass is 329 g/mol. The van der Waals surface area contributed by atoms with E-state index in [4.69, 9.17) is 5.73 Å². The predicted molar refractivity (Wildman–Crippen MR) is 99.1 cm³/mol. The summed E-state index contributed by atoms with van der Waals surface area (Å²) in [4.78, 5) is 8.75. The van der Waals surface area contributed by atoms with Gasteiger partial charge in [-0.25, -0.2) is 9.97 Å². The minimum Gasteiger partial charge on any atom is -0.324 e. The fourth-order valence-electron chi connectivity index (χ4n) is 2.45. The van der Waals surface area contributed by atoms with Crippen molar-refractivity contribution in [2.75, 3.05) is 5.32 Å². The maximum atomic E-state index is 9.37. The highest BCUT2D eigenvalue weighted by molar-refractivity contribution is 5.68. The molecule has 1 heterocycles. The number of nitrogens with zero attached hydrogens (tertiary/aromatic N) is 3. The van der Waals surface area contributed by atoms with Crippen LogP contribution in [0.3, 0.4) is 0 Å². The summed E-state index contributed by atoms with van der Waals surface area (Å²) in [6.07, 6.45) is 1.54. The second-order valence-corrected chi connectivity index (χ2v) is 6.36. The van der Waals surface area contributed by atoms with Crippen LogP contribution in [0.15, 0.2) is 60.8 Å². The number of benzene rings is 2. The van der Waals surface area contributed by atoms with E-state index in [1.807, 2.05) is 68.4 Å². The molecule has 5 nitrogen and oxygen atoms in total. The smallest absolute Gasteiger partial charge is 0.227 e. The number of nitrogens with two attached hydrogens (primary N) is 1. The SMILES string of the molecule is CC(C)(N)c1ccc(-c2nc(Nc3ccccc3)ncc2C#N)cc1. The highest BCUT2D eigenvalue weighted by atomic mass is 15.1. The Hall–Kier alpha value is -3.23. The Labute approximate surface area is 147 Å². The molecule has 0 saturated carbocycles. The zero-order chi connectivity index (χ0) is 17.9. The molecule has 124 valence electrons. The molecule has 0 fully saturated rings. The lowest BCUT2D eigenvalue weighted by atomic mass is 9.94. The standard InChI is InChI=1S/C20H19N5/c1-20(2,22)16-10-8-14(9-11-16)18-15(12-21)13-23-19(25-18)24-17-6-4-3-5-7-17/h3-11,13H,22H2,1-2H3,(H,23,24,25). The Morgan fingerprint density at radius 1 is 1.04 bits per heavy atom. The maximum absolute atomic E-state index is 9.37. The van der Waals surface area contributed by atoms with Gasteiger partial charge in [-0.2, -0.15) is 5.26 Å². The third-order valence-electron chi connectivity index (χ3n) is 3.84. The second-order valence-electron chi connectivity index (χ2n) is 6.36. The van der Waals surface area contributed by atoms with Gasteiger partial charge >= 0.3 is 0 Å². The van der Waals surface area contributed by atoms with E-state index in [1.165, 1.54) is 6.20 Å². The molecule has 0 atom stereocenters. The molecule has 0 saturated heterocycles. The third-order valence-corrected chi connectivity index (χ3v) is 3.84. The van der Waals surface area contributed by atoms with E-state index in [0.717, 1.165) is 16.8 Å². The van der Waals surface area contributed by atoms with Gasteiger partial charge in [0.25, 0.3) is 0 Å². The van der Waals surface area contributed by atoms with Crippen molar-refractivity contribution in [1.29, 1.82) is 5.26 Å². The number of anilines is 2. The van der Waals surface area contributed by atoms with Crippen LogP contribution in [-0.4, -0.2) is 9.97 Å². The summed E-state index contributed by atoms with van der Waals surface area (Å²) in [6.45, 7) is 3.91. The van der Waals surface area contributed by atoms with Crippen molar-refractivity contribution in [3.05, 3.63) is 71.9 Å². The van der Waals surface area contributed by atoms with E-state index >= 15 is 0 Å². The molecule has 0 amide bonds. The number of nitrogens with one attached hydrogen (secondary N) is 1. The summed E-state index contributed by atoms with van der Waals surface area (Å²) in [6, 6.07) is 19.6. The van der Waals surface area contributed by atoms with Crippen LogP contribution in [0, 0.1) is 11.3 Å². The normalized spacial score (nSPS) is 11.0. The van der Waals surface area contributed by atoms with Crippen LogP contribution in [-0.2, 0) is 5.54 Å². The lowest BCUT2D eigenvalue weighted by Crippen LogP contribution is -2.28. The molecule has 1 aromatic heterocycles. The first-order valence-corrected chi connectivity index (χ1v) is 7.96. The van der Waals surface area contributed by atoms with Crippen molar-refractivity contribution in [2.24, 2.45) is 5.73 Å². The molecule has 3 N–H and O–H groups in total. The lowest BCUT2D eigenvalue weighted by Gasteiger charge is -2.19. The lowest BCUT2D eigenvalue weighted by molar-refractivity contribution is 0.554. The molecule has 0 spiro atoms. The van der Waals surface area contributed by atoms with Crippen LogP contribution >= 0.6 is 0 Å². The van der Waals surface area contributed by atoms with Gasteiger partial charge in [-0.05, 0) is 31.5 Å². The maximum Gasteiger partial charge on any atom is 0.227 e. The molecule has 0 unspecified atom stereocenters. The van der Waals surface area contributed by atoms with Crippen molar-refractivity contribution >= 4 is 11.6 Å². The average molecular weight is 329 g/mol. The Morgan fingerprint density at radius 2 is 1.72 bits per heavy atom. The van der Waals surface area contributed by atoms with Crippen molar-refractivity contribution < 1.29 is 0 Å². The molecule has 0 bridgehead atoms. The van der Waals surface area contributed by atoms with Crippen molar-refractivity contribution in [3.63, 3.8) is 0 Å². The summed E-state index contributed by atoms with van der Waals surface area (Å²) < 4.78 is 0. The van der Waals surface area contributed by atoms with Gasteiger partial charge in [-0.1, -0.05) is 42.5 Å². The number of nitriles is 1. The molecular formula is C20H19N5. The molecule has 3 rings (SSSR count). The fraction of sp³-hybridized carbons (Fsp3) is 0.150. The van der Waals surface area contributed by atoms with Crippen LogP contribution in [0.1, 0.15) is 25.0 Å². The number of aromatic nitrogens is 2. The van der Waals surface area contributed by atoms with Crippen LogP contribution in [0.25, 0.3) is 11.3 Å². The minimum absolute atomic E-state index is 0.414. The van der Waals surface area contributed by atoms with Crippen molar-refractivity contribution in [3.8, 4) is 17.3 Å². The summed E-state index contributed by atoms with van der Waals surface area (Å²) in [5.74, 6) is 0.448. The first kappa shape index (κ1) is 16.6. The first-order chi connectivity index (χ1) is 12.0. The van der Waals surface area contributed by atoms with Crippen molar-refractivity contribution in [1.82, 2.24) is 9.97 Å². The van der Waals surface area contributed by atoms with Gasteiger partial charge < -0.3 is 11.1 Å². The molecular weight excluding hydrogens is 310 g/mol. The molecule has 0 aliphatic heterocycles. The zero-order valence-electron chi connectivity index (χ0n) is 14.2. The average Bonchev–Trinajstić information content (AvgIpc) is 2.62. The quantitative estimate of drug-likeness (QED) is 0.756. The molecule has 2 aromatic carbocycles. The van der Waals surface area contributed by atoms with Gasteiger partial charge in [0.1, 0.15) is 6.07 Å². The van der Waals surface area contributed by atoms with Gasteiger partial charge in [-0.15, -0.1) is 0 Å². The summed E-state index contributed by atoms with van der Waals surface area (Å²) in [5.41, 5.74) is 9.49. The Bertz CT molecular complexity index is 904.